The van der Waals surface area contributed by atoms with Crippen molar-refractivity contribution < 1.29 is 9.90 Å². The number of rotatable bonds is 6. The highest BCUT2D eigenvalue weighted by Gasteiger charge is 2.28. The Labute approximate surface area is 205 Å². The number of nitrogens with one attached hydrogen (secondary N) is 1. The van der Waals surface area contributed by atoms with Gasteiger partial charge in [0.15, 0.2) is 11.6 Å². The zero-order chi connectivity index (χ0) is 24.6. The molecule has 0 spiro atoms. The van der Waals surface area contributed by atoms with E-state index >= 15 is 0 Å². The lowest BCUT2D eigenvalue weighted by Crippen LogP contribution is -2.43. The first kappa shape index (κ1) is 23.5. The number of nitrogens with zero attached hydrogens (tertiary/aromatic N) is 7. The molecule has 3 aromatic rings. The van der Waals surface area contributed by atoms with Gasteiger partial charge in [0.05, 0.1) is 23.0 Å². The molecule has 0 amide bonds. The number of anilines is 4. The topological polar surface area (TPSA) is 112 Å². The fraction of sp³-hybridized carbons (Fsp3) is 0.560. The van der Waals surface area contributed by atoms with Gasteiger partial charge < -0.3 is 20.2 Å². The van der Waals surface area contributed by atoms with Crippen LogP contribution < -0.4 is 15.1 Å². The fourth-order valence-corrected chi connectivity index (χ4v) is 4.74. The molecule has 2 saturated heterocycles. The first-order valence-corrected chi connectivity index (χ1v) is 12.6. The lowest BCUT2D eigenvalue weighted by atomic mass is 9.94. The highest BCUT2D eigenvalue weighted by atomic mass is 16.3. The standard InChI is InChI=1S/C25H34N8O2/c1-4-17(2)33-20-14-22(27-15-19(20)23(30-33)32-11-5-6-18(34)16-32)28-21-7-10-26-24(29-21)31-12-8-25(3,35)9-13-31/h7,10,14-15,17,35H,4-6,8-9,11-13,16H2,1-3H3,(H,26,27,28,29). The molecule has 1 atom stereocenters. The van der Waals surface area contributed by atoms with Crippen molar-refractivity contribution in [3.05, 3.63) is 24.5 Å². The second-order valence-electron chi connectivity index (χ2n) is 10.0. The number of fused-ring (bicyclic) bond motifs is 1. The van der Waals surface area contributed by atoms with Crippen LogP contribution in [-0.2, 0) is 4.79 Å². The SMILES string of the molecule is CCC(C)n1nc(N2CCCC(=O)C2)c2cnc(Nc3ccnc(N4CCC(C)(O)CC4)n3)cc21. The zero-order valence-corrected chi connectivity index (χ0v) is 20.7. The Kier molecular flexibility index (Phi) is 6.31. The highest BCUT2D eigenvalue weighted by Crippen LogP contribution is 2.32. The Bertz CT molecular complexity index is 1210. The van der Waals surface area contributed by atoms with Crippen molar-refractivity contribution in [1.29, 1.82) is 0 Å². The predicted molar refractivity (Wildman–Crippen MR) is 136 cm³/mol. The van der Waals surface area contributed by atoms with E-state index in [-0.39, 0.29) is 11.8 Å². The minimum Gasteiger partial charge on any atom is -0.390 e. The van der Waals surface area contributed by atoms with Crippen LogP contribution in [0, 0.1) is 0 Å². The number of aliphatic hydroxyl groups is 1. The molecular formula is C25H34N8O2. The normalized spacial score (nSPS) is 19.3. The summed E-state index contributed by atoms with van der Waals surface area (Å²) in [6.45, 7) is 8.84. The van der Waals surface area contributed by atoms with Gasteiger partial charge in [0.1, 0.15) is 11.6 Å². The number of piperidine rings is 2. The molecule has 35 heavy (non-hydrogen) atoms. The summed E-state index contributed by atoms with van der Waals surface area (Å²) in [5.74, 6) is 3.07. The lowest BCUT2D eigenvalue weighted by molar-refractivity contribution is -0.118. The molecule has 10 nitrogen and oxygen atoms in total. The highest BCUT2D eigenvalue weighted by molar-refractivity contribution is 5.94. The van der Waals surface area contributed by atoms with Gasteiger partial charge in [-0.25, -0.2) is 9.97 Å². The number of carbonyl (C=O) groups is 1. The van der Waals surface area contributed by atoms with Crippen LogP contribution >= 0.6 is 0 Å². The number of carbonyl (C=O) groups excluding carboxylic acids is 1. The summed E-state index contributed by atoms with van der Waals surface area (Å²) < 4.78 is 2.04. The van der Waals surface area contributed by atoms with Crippen molar-refractivity contribution in [2.45, 2.75) is 64.5 Å². The van der Waals surface area contributed by atoms with E-state index in [4.69, 9.17) is 10.1 Å². The van der Waals surface area contributed by atoms with E-state index in [9.17, 15) is 9.90 Å². The monoisotopic (exact) mass is 478 g/mol. The van der Waals surface area contributed by atoms with Gasteiger partial charge in [0.2, 0.25) is 5.95 Å². The van der Waals surface area contributed by atoms with E-state index in [2.05, 4.69) is 38.9 Å². The molecule has 2 N–H and O–H groups in total. The maximum atomic E-state index is 12.1. The number of pyridine rings is 1. The van der Waals surface area contributed by atoms with Gasteiger partial charge in [-0.05, 0) is 45.6 Å². The molecule has 0 radical (unpaired) electrons. The summed E-state index contributed by atoms with van der Waals surface area (Å²) in [5, 5.41) is 19.4. The average molecular weight is 479 g/mol. The van der Waals surface area contributed by atoms with Crippen molar-refractivity contribution in [2.75, 3.05) is 41.3 Å². The number of hydrogen-bond donors (Lipinski definition) is 2. The van der Waals surface area contributed by atoms with Crippen LogP contribution in [0.5, 0.6) is 0 Å². The van der Waals surface area contributed by atoms with Crippen LogP contribution in [0.15, 0.2) is 24.5 Å². The number of Topliss-reactive ketones (excluding diaryl/α,β-unsaturated/α-hetero) is 1. The molecule has 2 aliphatic heterocycles. The molecule has 2 aliphatic rings. The molecule has 2 fully saturated rings. The molecule has 0 saturated carbocycles. The largest absolute Gasteiger partial charge is 0.390 e. The van der Waals surface area contributed by atoms with Gasteiger partial charge in [0.25, 0.3) is 0 Å². The van der Waals surface area contributed by atoms with Crippen LogP contribution in [0.4, 0.5) is 23.4 Å². The number of ketones is 1. The smallest absolute Gasteiger partial charge is 0.227 e. The summed E-state index contributed by atoms with van der Waals surface area (Å²) in [7, 11) is 0. The molecule has 0 aromatic carbocycles. The first-order valence-electron chi connectivity index (χ1n) is 12.6. The van der Waals surface area contributed by atoms with E-state index in [1.165, 1.54) is 0 Å². The lowest BCUT2D eigenvalue weighted by Gasteiger charge is -2.35. The van der Waals surface area contributed by atoms with E-state index in [1.54, 1.807) is 6.20 Å². The molecular weight excluding hydrogens is 444 g/mol. The van der Waals surface area contributed by atoms with E-state index in [0.29, 0.717) is 43.4 Å². The van der Waals surface area contributed by atoms with Crippen molar-refractivity contribution in [3.63, 3.8) is 0 Å². The Morgan fingerprint density at radius 1 is 1.17 bits per heavy atom. The molecule has 3 aromatic heterocycles. The summed E-state index contributed by atoms with van der Waals surface area (Å²) in [5.41, 5.74) is 0.363. The van der Waals surface area contributed by atoms with Crippen molar-refractivity contribution in [1.82, 2.24) is 24.7 Å². The number of hydrogen-bond acceptors (Lipinski definition) is 9. The Hall–Kier alpha value is -3.27. The molecule has 5 rings (SSSR count). The maximum absolute atomic E-state index is 12.1. The predicted octanol–water partition coefficient (Wildman–Crippen LogP) is 3.46. The van der Waals surface area contributed by atoms with Gasteiger partial charge in [-0.2, -0.15) is 10.1 Å². The van der Waals surface area contributed by atoms with Gasteiger partial charge in [-0.1, -0.05) is 6.92 Å². The van der Waals surface area contributed by atoms with E-state index in [1.807, 2.05) is 29.9 Å². The van der Waals surface area contributed by atoms with Gasteiger partial charge in [0, 0.05) is 50.6 Å². The maximum Gasteiger partial charge on any atom is 0.227 e. The summed E-state index contributed by atoms with van der Waals surface area (Å²) in [4.78, 5) is 30.0. The zero-order valence-electron chi connectivity index (χ0n) is 20.7. The van der Waals surface area contributed by atoms with Crippen LogP contribution in [-0.4, -0.2) is 67.4 Å². The van der Waals surface area contributed by atoms with Gasteiger partial charge >= 0.3 is 0 Å². The minimum absolute atomic E-state index is 0.212. The number of aromatic nitrogens is 5. The molecule has 5 heterocycles. The third kappa shape index (κ3) is 4.93. The van der Waals surface area contributed by atoms with Crippen LogP contribution in [0.25, 0.3) is 10.9 Å². The van der Waals surface area contributed by atoms with Crippen LogP contribution in [0.3, 0.4) is 0 Å². The Balaban J connectivity index is 1.42. The second-order valence-corrected chi connectivity index (χ2v) is 10.0. The fourth-order valence-electron chi connectivity index (χ4n) is 4.74. The summed E-state index contributed by atoms with van der Waals surface area (Å²) in [6.07, 6.45) is 7.40. The molecule has 0 bridgehead atoms. The van der Waals surface area contributed by atoms with Crippen LogP contribution in [0.1, 0.15) is 58.9 Å². The first-order chi connectivity index (χ1) is 16.8. The third-order valence-electron chi connectivity index (χ3n) is 7.15. The van der Waals surface area contributed by atoms with E-state index in [0.717, 1.165) is 49.2 Å². The summed E-state index contributed by atoms with van der Waals surface area (Å²) in [6, 6.07) is 4.04. The van der Waals surface area contributed by atoms with Crippen molar-refractivity contribution in [3.8, 4) is 0 Å². The second kappa shape index (κ2) is 9.41. The third-order valence-corrected chi connectivity index (χ3v) is 7.15. The van der Waals surface area contributed by atoms with Crippen molar-refractivity contribution >= 4 is 40.1 Å². The van der Waals surface area contributed by atoms with E-state index < -0.39 is 5.60 Å². The Morgan fingerprint density at radius 3 is 2.71 bits per heavy atom. The average Bonchev–Trinajstić information content (AvgIpc) is 3.23. The molecule has 0 aliphatic carbocycles. The molecule has 1 unspecified atom stereocenters. The van der Waals surface area contributed by atoms with Gasteiger partial charge in [-0.15, -0.1) is 0 Å². The van der Waals surface area contributed by atoms with Crippen molar-refractivity contribution in [2.24, 2.45) is 0 Å². The quantitative estimate of drug-likeness (QED) is 0.550. The molecule has 186 valence electrons. The molecule has 10 heteroatoms. The van der Waals surface area contributed by atoms with Gasteiger partial charge in [-0.3, -0.25) is 9.48 Å². The minimum atomic E-state index is -0.620. The Morgan fingerprint density at radius 2 is 1.97 bits per heavy atom. The van der Waals surface area contributed by atoms with Crippen LogP contribution in [0.2, 0.25) is 0 Å². The summed E-state index contributed by atoms with van der Waals surface area (Å²) >= 11 is 0.